The van der Waals surface area contributed by atoms with Crippen molar-refractivity contribution in [2.45, 2.75) is 35.0 Å². The molecule has 0 bridgehead atoms. The molecule has 0 aliphatic heterocycles. The van der Waals surface area contributed by atoms with Crippen molar-refractivity contribution < 1.29 is 27.1 Å². The molecule has 0 saturated heterocycles. The van der Waals surface area contributed by atoms with Crippen molar-refractivity contribution in [2.75, 3.05) is 0 Å². The zero-order valence-corrected chi connectivity index (χ0v) is 16.9. The molecule has 31 heavy (non-hydrogen) atoms. The van der Waals surface area contributed by atoms with Crippen LogP contribution in [0.5, 0.6) is 5.75 Å². The van der Waals surface area contributed by atoms with Crippen LogP contribution in [0.4, 0.5) is 17.6 Å². The minimum absolute atomic E-state index is 0.0647. The molecule has 0 saturated carbocycles. The molecule has 2 N–H and O–H groups in total. The first-order chi connectivity index (χ1) is 14.7. The molecule has 0 radical (unpaired) electrons. The molecule has 1 aliphatic rings. The number of aryl methyl sites for hydroxylation is 1. The average molecular weight is 447 g/mol. The lowest BCUT2D eigenvalue weighted by atomic mass is 9.98. The average Bonchev–Trinajstić information content (AvgIpc) is 3.08. The van der Waals surface area contributed by atoms with E-state index in [0.29, 0.717) is 5.56 Å². The zero-order chi connectivity index (χ0) is 22.2. The largest absolute Gasteiger partial charge is 0.573 e. The lowest BCUT2D eigenvalue weighted by Crippen LogP contribution is -2.17. The fraction of sp³-hybridized carbons (Fsp3) is 0.174. The number of carbonyl (C=O) groups excluding carboxylic acids is 1. The van der Waals surface area contributed by atoms with Crippen LogP contribution >= 0.6 is 11.8 Å². The summed E-state index contributed by atoms with van der Waals surface area (Å²) < 4.78 is 56.2. The van der Waals surface area contributed by atoms with Gasteiger partial charge >= 0.3 is 6.36 Å². The van der Waals surface area contributed by atoms with E-state index >= 15 is 0 Å². The van der Waals surface area contributed by atoms with Crippen LogP contribution in [0.1, 0.15) is 39.5 Å². The Morgan fingerprint density at radius 3 is 2.55 bits per heavy atom. The summed E-state index contributed by atoms with van der Waals surface area (Å²) in [6.07, 6.45) is -3.33. The number of carbonyl (C=O) groups is 1. The summed E-state index contributed by atoms with van der Waals surface area (Å²) in [7, 11) is 0. The Hall–Kier alpha value is -2.84. The van der Waals surface area contributed by atoms with Gasteiger partial charge in [-0.1, -0.05) is 36.0 Å². The Kier molecular flexibility index (Phi) is 5.77. The monoisotopic (exact) mass is 447 g/mol. The molecule has 0 fully saturated rings. The van der Waals surface area contributed by atoms with Crippen LogP contribution < -0.4 is 10.5 Å². The van der Waals surface area contributed by atoms with Gasteiger partial charge in [-0.2, -0.15) is 0 Å². The molecular formula is C23H17F4NO2S. The summed E-state index contributed by atoms with van der Waals surface area (Å²) in [6, 6.07) is 14.5. The summed E-state index contributed by atoms with van der Waals surface area (Å²) in [5, 5.41) is 0. The van der Waals surface area contributed by atoms with Crippen molar-refractivity contribution in [3.05, 3.63) is 88.7 Å². The molecule has 1 atom stereocenters. The van der Waals surface area contributed by atoms with Gasteiger partial charge in [0, 0.05) is 27.0 Å². The molecular weight excluding hydrogens is 430 g/mol. The van der Waals surface area contributed by atoms with Gasteiger partial charge in [-0.3, -0.25) is 4.79 Å². The second kappa shape index (κ2) is 8.36. The van der Waals surface area contributed by atoms with Crippen LogP contribution in [0.3, 0.4) is 0 Å². The fourth-order valence-corrected chi connectivity index (χ4v) is 4.56. The number of alkyl halides is 3. The van der Waals surface area contributed by atoms with E-state index in [1.807, 2.05) is 6.07 Å². The highest BCUT2D eigenvalue weighted by molar-refractivity contribution is 7.99. The molecule has 0 heterocycles. The minimum Gasteiger partial charge on any atom is -0.406 e. The standard InChI is InChI=1S/C23H17F4NO2S/c24-18-3-1-2-4-20(18)31-21-12-15(30-23(25,26)27)7-9-17(21)22(29)14-5-8-16-13(11-14)6-10-19(16)28/h1-5,7-9,11-12,19H,6,10,28H2. The fourth-order valence-electron chi connectivity index (χ4n) is 3.57. The van der Waals surface area contributed by atoms with E-state index in [2.05, 4.69) is 4.74 Å². The van der Waals surface area contributed by atoms with E-state index in [1.165, 1.54) is 24.3 Å². The zero-order valence-electron chi connectivity index (χ0n) is 16.1. The second-order valence-corrected chi connectivity index (χ2v) is 8.21. The van der Waals surface area contributed by atoms with Gasteiger partial charge in [0.25, 0.3) is 0 Å². The van der Waals surface area contributed by atoms with Crippen molar-refractivity contribution in [1.29, 1.82) is 0 Å². The van der Waals surface area contributed by atoms with Gasteiger partial charge in [0.05, 0.1) is 0 Å². The summed E-state index contributed by atoms with van der Waals surface area (Å²) >= 11 is 0.867. The first kappa shape index (κ1) is 21.4. The molecule has 4 rings (SSSR count). The van der Waals surface area contributed by atoms with Crippen LogP contribution in [-0.2, 0) is 6.42 Å². The highest BCUT2D eigenvalue weighted by Gasteiger charge is 2.31. The smallest absolute Gasteiger partial charge is 0.406 e. The van der Waals surface area contributed by atoms with Gasteiger partial charge < -0.3 is 10.5 Å². The number of hydrogen-bond donors (Lipinski definition) is 1. The number of rotatable bonds is 5. The number of fused-ring (bicyclic) bond motifs is 1. The molecule has 160 valence electrons. The normalized spacial score (nSPS) is 15.6. The number of ether oxygens (including phenoxy) is 1. The lowest BCUT2D eigenvalue weighted by Gasteiger charge is -2.14. The molecule has 1 unspecified atom stereocenters. The maximum absolute atomic E-state index is 14.2. The van der Waals surface area contributed by atoms with Crippen LogP contribution in [0.25, 0.3) is 0 Å². The summed E-state index contributed by atoms with van der Waals surface area (Å²) in [4.78, 5) is 13.6. The SMILES string of the molecule is NC1CCc2cc(C(=O)c3ccc(OC(F)(F)F)cc3Sc3ccccc3F)ccc21. The number of hydrogen-bond acceptors (Lipinski definition) is 4. The highest BCUT2D eigenvalue weighted by Crippen LogP contribution is 2.37. The second-order valence-electron chi connectivity index (χ2n) is 7.13. The van der Waals surface area contributed by atoms with Crippen molar-refractivity contribution in [3.8, 4) is 5.75 Å². The van der Waals surface area contributed by atoms with Crippen LogP contribution in [0, 0.1) is 5.82 Å². The number of benzene rings is 3. The number of nitrogens with two attached hydrogens (primary N) is 1. The lowest BCUT2D eigenvalue weighted by molar-refractivity contribution is -0.274. The molecule has 3 nitrogen and oxygen atoms in total. The third-order valence-electron chi connectivity index (χ3n) is 5.02. The Morgan fingerprint density at radius 1 is 1.03 bits per heavy atom. The Bertz CT molecular complexity index is 1150. The van der Waals surface area contributed by atoms with Gasteiger partial charge in [-0.05, 0) is 60.4 Å². The van der Waals surface area contributed by atoms with Crippen molar-refractivity contribution in [1.82, 2.24) is 0 Å². The van der Waals surface area contributed by atoms with Crippen LogP contribution in [0.15, 0.2) is 70.5 Å². The van der Waals surface area contributed by atoms with Crippen LogP contribution in [0.2, 0.25) is 0 Å². The predicted octanol–water partition coefficient (Wildman–Crippen LogP) is 6.05. The van der Waals surface area contributed by atoms with Gasteiger partial charge in [0.2, 0.25) is 0 Å². The van der Waals surface area contributed by atoms with Gasteiger partial charge in [-0.15, -0.1) is 13.2 Å². The molecule has 3 aromatic carbocycles. The first-order valence-electron chi connectivity index (χ1n) is 9.46. The van der Waals surface area contributed by atoms with E-state index in [-0.39, 0.29) is 27.2 Å². The number of halogens is 4. The topological polar surface area (TPSA) is 52.3 Å². The summed E-state index contributed by atoms with van der Waals surface area (Å²) in [5.41, 5.74) is 8.58. The third kappa shape index (κ3) is 4.75. The maximum Gasteiger partial charge on any atom is 0.573 e. The number of ketones is 1. The van der Waals surface area contributed by atoms with E-state index in [9.17, 15) is 22.4 Å². The van der Waals surface area contributed by atoms with Gasteiger partial charge in [-0.25, -0.2) is 4.39 Å². The maximum atomic E-state index is 14.2. The Labute approximate surface area is 180 Å². The van der Waals surface area contributed by atoms with Gasteiger partial charge in [0.15, 0.2) is 5.78 Å². The third-order valence-corrected chi connectivity index (χ3v) is 6.13. The van der Waals surface area contributed by atoms with E-state index in [1.54, 1.807) is 18.2 Å². The minimum atomic E-state index is -4.88. The van der Waals surface area contributed by atoms with E-state index in [0.717, 1.165) is 47.9 Å². The molecule has 0 spiro atoms. The Morgan fingerprint density at radius 2 is 1.81 bits per heavy atom. The van der Waals surface area contributed by atoms with Crippen LogP contribution in [-0.4, -0.2) is 12.1 Å². The van der Waals surface area contributed by atoms with Gasteiger partial charge in [0.1, 0.15) is 11.6 Å². The Balaban J connectivity index is 1.73. The first-order valence-corrected chi connectivity index (χ1v) is 10.3. The van der Waals surface area contributed by atoms with Crippen molar-refractivity contribution in [2.24, 2.45) is 5.73 Å². The summed E-state index contributed by atoms with van der Waals surface area (Å²) in [5.74, 6) is -1.40. The summed E-state index contributed by atoms with van der Waals surface area (Å²) in [6.45, 7) is 0. The molecule has 3 aromatic rings. The molecule has 0 aromatic heterocycles. The molecule has 0 amide bonds. The molecule has 8 heteroatoms. The quantitative estimate of drug-likeness (QED) is 0.382. The van der Waals surface area contributed by atoms with E-state index < -0.39 is 17.9 Å². The predicted molar refractivity (Wildman–Crippen MR) is 109 cm³/mol. The van der Waals surface area contributed by atoms with E-state index in [4.69, 9.17) is 5.73 Å². The van der Waals surface area contributed by atoms with Crippen molar-refractivity contribution >= 4 is 17.5 Å². The molecule has 1 aliphatic carbocycles. The highest BCUT2D eigenvalue weighted by atomic mass is 32.2. The van der Waals surface area contributed by atoms with Crippen molar-refractivity contribution in [3.63, 3.8) is 0 Å².